The summed E-state index contributed by atoms with van der Waals surface area (Å²) in [4.78, 5) is 11.4. The Morgan fingerprint density at radius 3 is 1.88 bits per heavy atom. The summed E-state index contributed by atoms with van der Waals surface area (Å²) in [5, 5.41) is 1.78. The maximum atomic E-state index is 11.4. The molecule has 2 aliphatic rings. The second-order valence-electron chi connectivity index (χ2n) is 9.39. The number of allylic oxidation sites excluding steroid dienone is 2. The Morgan fingerprint density at radius 2 is 1.46 bits per heavy atom. The lowest BCUT2D eigenvalue weighted by molar-refractivity contribution is -0.134. The van der Waals surface area contributed by atoms with Gasteiger partial charge in [-0.15, -0.1) is 5.10 Å². The smallest absolute Gasteiger partial charge is 0.330 e. The molecule has 0 N–H and O–H groups in total. The van der Waals surface area contributed by atoms with Gasteiger partial charge in [0.25, 0.3) is 0 Å². The van der Waals surface area contributed by atoms with Crippen molar-refractivity contribution in [3.63, 3.8) is 0 Å². The summed E-state index contributed by atoms with van der Waals surface area (Å²) >= 11 is 0. The second kappa shape index (κ2) is 10.5. The van der Waals surface area contributed by atoms with Crippen molar-refractivity contribution in [1.29, 1.82) is 0 Å². The third-order valence-corrected chi connectivity index (χ3v) is 8.74. The minimum atomic E-state index is -1.39. The number of esters is 1. The minimum absolute atomic E-state index is 0.246. The van der Waals surface area contributed by atoms with E-state index in [1.807, 2.05) is 6.08 Å². The molecule has 0 aromatic carbocycles. The molecule has 26 heavy (non-hydrogen) atoms. The molecular formula is C22H39BO2Si. The molecule has 0 saturated heterocycles. The van der Waals surface area contributed by atoms with Crippen molar-refractivity contribution < 1.29 is 9.53 Å². The molecule has 0 aliphatic heterocycles. The van der Waals surface area contributed by atoms with E-state index in [0.717, 1.165) is 24.8 Å². The molecule has 146 valence electrons. The predicted molar refractivity (Wildman–Crippen MR) is 117 cm³/mol. The van der Waals surface area contributed by atoms with E-state index in [4.69, 9.17) is 4.74 Å². The van der Waals surface area contributed by atoms with Gasteiger partial charge in [0.1, 0.15) is 0 Å². The van der Waals surface area contributed by atoms with Crippen LogP contribution in [0.1, 0.15) is 70.6 Å². The highest BCUT2D eigenvalue weighted by molar-refractivity contribution is 6.99. The van der Waals surface area contributed by atoms with E-state index in [0.29, 0.717) is 0 Å². The zero-order chi connectivity index (χ0) is 19.0. The predicted octanol–water partition coefficient (Wildman–Crippen LogP) is 6.61. The largest absolute Gasteiger partial charge is 0.466 e. The van der Waals surface area contributed by atoms with Crippen LogP contribution in [0.15, 0.2) is 23.3 Å². The van der Waals surface area contributed by atoms with Gasteiger partial charge in [0.2, 0.25) is 0 Å². The summed E-state index contributed by atoms with van der Waals surface area (Å²) in [6.45, 7) is 8.35. The molecule has 0 bridgehead atoms. The average molecular weight is 374 g/mol. The summed E-state index contributed by atoms with van der Waals surface area (Å²) in [5.74, 6) is 1.55. The third kappa shape index (κ3) is 6.44. The molecule has 0 spiro atoms. The monoisotopic (exact) mass is 374 g/mol. The summed E-state index contributed by atoms with van der Waals surface area (Å²) in [7, 11) is 0.0505. The van der Waals surface area contributed by atoms with Gasteiger partial charge in [0.15, 0.2) is 6.71 Å². The molecule has 2 nitrogen and oxygen atoms in total. The van der Waals surface area contributed by atoms with Crippen molar-refractivity contribution in [3.8, 4) is 0 Å². The number of carbonyl (C=O) groups is 1. The standard InChI is InChI=1S/C22H39BO2Si/c1-25-22(24)18-12-11-17-21(26(2,3)4)23(19-13-7-5-8-14-19)20-15-9-6-10-16-20/h12,17-20H,5-11,13-16H2,1-4H3/b18-12+,21-17-. The first kappa shape index (κ1) is 21.5. The van der Waals surface area contributed by atoms with E-state index >= 15 is 0 Å². The van der Waals surface area contributed by atoms with Gasteiger partial charge in [-0.05, 0) is 6.42 Å². The maximum absolute atomic E-state index is 11.4. The number of rotatable bonds is 7. The molecule has 0 radical (unpaired) electrons. The second-order valence-corrected chi connectivity index (χ2v) is 14.5. The van der Waals surface area contributed by atoms with Gasteiger partial charge < -0.3 is 4.74 Å². The number of ether oxygens (including phenoxy) is 1. The summed E-state index contributed by atoms with van der Waals surface area (Å²) < 4.78 is 4.72. The Labute approximate surface area is 162 Å². The minimum Gasteiger partial charge on any atom is -0.466 e. The summed E-state index contributed by atoms with van der Waals surface area (Å²) in [6, 6.07) is 0. The first-order valence-corrected chi connectivity index (χ1v) is 14.4. The van der Waals surface area contributed by atoms with Crippen molar-refractivity contribution in [2.24, 2.45) is 0 Å². The highest BCUT2D eigenvalue weighted by Gasteiger charge is 2.40. The molecule has 4 heteroatoms. The lowest BCUT2D eigenvalue weighted by Crippen LogP contribution is -2.42. The summed E-state index contributed by atoms with van der Waals surface area (Å²) in [5.41, 5.74) is 0. The van der Waals surface area contributed by atoms with Gasteiger partial charge in [-0.3, -0.25) is 0 Å². The highest BCUT2D eigenvalue weighted by Crippen LogP contribution is 2.45. The molecule has 2 fully saturated rings. The fourth-order valence-electron chi connectivity index (χ4n) is 5.25. The van der Waals surface area contributed by atoms with Gasteiger partial charge in [-0.2, -0.15) is 0 Å². The van der Waals surface area contributed by atoms with Crippen LogP contribution >= 0.6 is 0 Å². The van der Waals surface area contributed by atoms with E-state index < -0.39 is 8.07 Å². The normalized spacial score (nSPS) is 21.2. The van der Waals surface area contributed by atoms with E-state index in [1.165, 1.54) is 71.3 Å². The van der Waals surface area contributed by atoms with Gasteiger partial charge in [-0.25, -0.2) is 4.79 Å². The van der Waals surface area contributed by atoms with Crippen LogP contribution in [0.5, 0.6) is 0 Å². The lowest BCUT2D eigenvalue weighted by atomic mass is 9.30. The fraction of sp³-hybridized carbons (Fsp3) is 0.773. The third-order valence-electron chi connectivity index (χ3n) is 6.47. The van der Waals surface area contributed by atoms with E-state index in [1.54, 1.807) is 11.2 Å². The quantitative estimate of drug-likeness (QED) is 0.285. The lowest BCUT2D eigenvalue weighted by Gasteiger charge is -2.40. The average Bonchev–Trinajstić information content (AvgIpc) is 2.64. The Balaban J connectivity index is 2.24. The van der Waals surface area contributed by atoms with Gasteiger partial charge >= 0.3 is 5.97 Å². The molecule has 2 aliphatic carbocycles. The van der Waals surface area contributed by atoms with Crippen LogP contribution in [-0.2, 0) is 9.53 Å². The first-order valence-electron chi connectivity index (χ1n) is 10.9. The zero-order valence-electron chi connectivity index (χ0n) is 17.6. The zero-order valence-corrected chi connectivity index (χ0v) is 18.6. The topological polar surface area (TPSA) is 26.3 Å². The molecule has 0 aromatic heterocycles. The molecule has 0 amide bonds. The van der Waals surface area contributed by atoms with Crippen LogP contribution in [0.25, 0.3) is 0 Å². The van der Waals surface area contributed by atoms with Gasteiger partial charge in [0.05, 0.1) is 15.2 Å². The van der Waals surface area contributed by atoms with Crippen LogP contribution in [0.2, 0.25) is 31.3 Å². The van der Waals surface area contributed by atoms with Crippen molar-refractivity contribution >= 4 is 20.8 Å². The SMILES string of the molecule is COC(=O)/C=C/C/C=C(/B(C1CCCCC1)C1CCCCC1)[Si](C)(C)C. The van der Waals surface area contributed by atoms with Crippen molar-refractivity contribution in [2.75, 3.05) is 7.11 Å². The number of hydrogen-bond donors (Lipinski definition) is 0. The van der Waals surface area contributed by atoms with Crippen LogP contribution < -0.4 is 0 Å². The van der Waals surface area contributed by atoms with E-state index in [2.05, 4.69) is 25.7 Å². The van der Waals surface area contributed by atoms with Crippen molar-refractivity contribution in [2.45, 2.75) is 102 Å². The Morgan fingerprint density at radius 1 is 0.962 bits per heavy atom. The number of methoxy groups -OCH3 is 1. The molecule has 0 aromatic rings. The van der Waals surface area contributed by atoms with Crippen molar-refractivity contribution in [3.05, 3.63) is 23.3 Å². The Hall–Kier alpha value is -0.768. The molecule has 0 atom stereocenters. The van der Waals surface area contributed by atoms with Crippen LogP contribution in [0.3, 0.4) is 0 Å². The molecule has 2 rings (SSSR count). The van der Waals surface area contributed by atoms with Crippen LogP contribution in [-0.4, -0.2) is 27.9 Å². The van der Waals surface area contributed by atoms with Crippen molar-refractivity contribution in [1.82, 2.24) is 0 Å². The van der Waals surface area contributed by atoms with Crippen LogP contribution in [0.4, 0.5) is 0 Å². The highest BCUT2D eigenvalue weighted by atomic mass is 28.3. The Bertz CT molecular complexity index is 477. The molecule has 2 saturated carbocycles. The van der Waals surface area contributed by atoms with Gasteiger partial charge in [-0.1, -0.05) is 108 Å². The fourth-order valence-corrected chi connectivity index (χ4v) is 7.45. The number of carbonyl (C=O) groups excluding carboxylic acids is 1. The Kier molecular flexibility index (Phi) is 8.73. The van der Waals surface area contributed by atoms with E-state index in [-0.39, 0.29) is 5.97 Å². The molecular weight excluding hydrogens is 335 g/mol. The molecule has 0 unspecified atom stereocenters. The summed E-state index contributed by atoms with van der Waals surface area (Å²) in [6.07, 6.45) is 21.2. The van der Waals surface area contributed by atoms with Crippen LogP contribution in [0, 0.1) is 0 Å². The maximum Gasteiger partial charge on any atom is 0.330 e. The number of hydrogen-bond acceptors (Lipinski definition) is 2. The molecule has 0 heterocycles. The van der Waals surface area contributed by atoms with E-state index in [9.17, 15) is 4.79 Å². The van der Waals surface area contributed by atoms with Gasteiger partial charge in [0, 0.05) is 6.08 Å². The first-order chi connectivity index (χ1) is 12.4.